The maximum Gasteiger partial charge on any atom is 0.234 e. The molecule has 4 rings (SSSR count). The number of hydrogen-bond acceptors (Lipinski definition) is 6. The van der Waals surface area contributed by atoms with E-state index >= 15 is 0 Å². The van der Waals surface area contributed by atoms with E-state index in [1.807, 2.05) is 6.92 Å². The quantitative estimate of drug-likeness (QED) is 0.504. The molecule has 6 nitrogen and oxygen atoms in total. The third-order valence-corrected chi connectivity index (χ3v) is 5.00. The standard InChI is InChI=1S/C21H18FN3O3S/c1-13-9-20(25-21(23-13)14-3-2-4-15(22)10-14)29-12-19(26)24-16-5-6-17-18(11-16)28-8-7-27-17/h2-6,9-11H,7-8,12H2,1H3,(H,24,26). The van der Waals surface area contributed by atoms with Gasteiger partial charge < -0.3 is 14.8 Å². The molecule has 2 heterocycles. The summed E-state index contributed by atoms with van der Waals surface area (Å²) in [4.78, 5) is 21.2. The lowest BCUT2D eigenvalue weighted by atomic mass is 10.2. The molecule has 1 amide bonds. The van der Waals surface area contributed by atoms with E-state index < -0.39 is 0 Å². The number of benzene rings is 2. The first kappa shape index (κ1) is 19.2. The summed E-state index contributed by atoms with van der Waals surface area (Å²) in [5.74, 6) is 1.38. The Balaban J connectivity index is 1.41. The molecular weight excluding hydrogens is 393 g/mol. The number of amides is 1. The first-order valence-corrected chi connectivity index (χ1v) is 9.99. The van der Waals surface area contributed by atoms with Crippen LogP contribution >= 0.6 is 11.8 Å². The summed E-state index contributed by atoms with van der Waals surface area (Å²) >= 11 is 1.29. The average molecular weight is 411 g/mol. The zero-order valence-electron chi connectivity index (χ0n) is 15.6. The molecule has 0 fully saturated rings. The number of thioether (sulfide) groups is 1. The summed E-state index contributed by atoms with van der Waals surface area (Å²) in [6, 6.07) is 13.2. The van der Waals surface area contributed by atoms with Crippen molar-refractivity contribution in [3.8, 4) is 22.9 Å². The number of carbonyl (C=O) groups excluding carboxylic acids is 1. The van der Waals surface area contributed by atoms with Crippen molar-refractivity contribution in [1.82, 2.24) is 9.97 Å². The van der Waals surface area contributed by atoms with Crippen LogP contribution in [0.5, 0.6) is 11.5 Å². The van der Waals surface area contributed by atoms with E-state index in [-0.39, 0.29) is 17.5 Å². The average Bonchev–Trinajstić information content (AvgIpc) is 2.72. The van der Waals surface area contributed by atoms with Gasteiger partial charge in [0, 0.05) is 23.0 Å². The topological polar surface area (TPSA) is 73.3 Å². The SMILES string of the molecule is Cc1cc(SCC(=O)Nc2ccc3c(c2)OCCO3)nc(-c2cccc(F)c2)n1. The second-order valence-corrected chi connectivity index (χ2v) is 7.37. The van der Waals surface area contributed by atoms with Crippen LogP contribution in [0.4, 0.5) is 10.1 Å². The molecule has 0 bridgehead atoms. The zero-order chi connectivity index (χ0) is 20.2. The number of anilines is 1. The molecule has 0 aliphatic carbocycles. The summed E-state index contributed by atoms with van der Waals surface area (Å²) in [6.45, 7) is 2.84. The Labute approximate surface area is 171 Å². The minimum Gasteiger partial charge on any atom is -0.486 e. The van der Waals surface area contributed by atoms with Crippen LogP contribution in [0.15, 0.2) is 53.6 Å². The van der Waals surface area contributed by atoms with E-state index in [1.54, 1.807) is 36.4 Å². The van der Waals surface area contributed by atoms with Crippen LogP contribution in [0.1, 0.15) is 5.69 Å². The molecule has 0 unspecified atom stereocenters. The third-order valence-electron chi connectivity index (χ3n) is 4.09. The van der Waals surface area contributed by atoms with E-state index in [4.69, 9.17) is 9.47 Å². The van der Waals surface area contributed by atoms with Gasteiger partial charge in [-0.3, -0.25) is 4.79 Å². The van der Waals surface area contributed by atoms with Gasteiger partial charge in [-0.05, 0) is 37.3 Å². The molecule has 3 aromatic rings. The summed E-state index contributed by atoms with van der Waals surface area (Å²) in [5.41, 5.74) is 1.98. The lowest BCUT2D eigenvalue weighted by Crippen LogP contribution is -2.17. The van der Waals surface area contributed by atoms with Gasteiger partial charge in [-0.1, -0.05) is 23.9 Å². The number of halogens is 1. The number of nitrogens with zero attached hydrogens (tertiary/aromatic N) is 2. The molecule has 1 N–H and O–H groups in total. The predicted octanol–water partition coefficient (Wildman–Crippen LogP) is 4.09. The number of rotatable bonds is 5. The molecule has 0 saturated heterocycles. The van der Waals surface area contributed by atoms with Crippen molar-refractivity contribution in [1.29, 1.82) is 0 Å². The molecule has 148 valence electrons. The van der Waals surface area contributed by atoms with Crippen LogP contribution in [0.3, 0.4) is 0 Å². The Bertz CT molecular complexity index is 1060. The normalized spacial score (nSPS) is 12.5. The number of fused-ring (bicyclic) bond motifs is 1. The molecule has 1 aliphatic rings. The highest BCUT2D eigenvalue weighted by Crippen LogP contribution is 2.32. The largest absolute Gasteiger partial charge is 0.486 e. The van der Waals surface area contributed by atoms with Crippen molar-refractivity contribution in [2.24, 2.45) is 0 Å². The van der Waals surface area contributed by atoms with Crippen LogP contribution < -0.4 is 14.8 Å². The van der Waals surface area contributed by atoms with Gasteiger partial charge >= 0.3 is 0 Å². The zero-order valence-corrected chi connectivity index (χ0v) is 16.5. The Morgan fingerprint density at radius 3 is 2.76 bits per heavy atom. The van der Waals surface area contributed by atoms with Crippen LogP contribution in [0, 0.1) is 12.7 Å². The Morgan fingerprint density at radius 2 is 1.93 bits per heavy atom. The first-order valence-electron chi connectivity index (χ1n) is 9.01. The highest BCUT2D eigenvalue weighted by atomic mass is 32.2. The Kier molecular flexibility index (Phi) is 5.62. The number of hydrogen-bond donors (Lipinski definition) is 1. The highest BCUT2D eigenvalue weighted by Gasteiger charge is 2.13. The fourth-order valence-corrected chi connectivity index (χ4v) is 3.58. The summed E-state index contributed by atoms with van der Waals surface area (Å²) in [6.07, 6.45) is 0. The van der Waals surface area contributed by atoms with E-state index in [2.05, 4.69) is 15.3 Å². The number of aromatic nitrogens is 2. The second kappa shape index (κ2) is 8.48. The van der Waals surface area contributed by atoms with Crippen LogP contribution in [-0.2, 0) is 4.79 Å². The lowest BCUT2D eigenvalue weighted by molar-refractivity contribution is -0.113. The minimum atomic E-state index is -0.347. The van der Waals surface area contributed by atoms with Crippen molar-refractivity contribution in [3.05, 3.63) is 60.0 Å². The second-order valence-electron chi connectivity index (χ2n) is 6.38. The van der Waals surface area contributed by atoms with Crippen molar-refractivity contribution in [3.63, 3.8) is 0 Å². The maximum absolute atomic E-state index is 13.5. The maximum atomic E-state index is 13.5. The molecule has 0 radical (unpaired) electrons. The molecule has 0 spiro atoms. The molecule has 29 heavy (non-hydrogen) atoms. The van der Waals surface area contributed by atoms with Crippen molar-refractivity contribution in [2.75, 3.05) is 24.3 Å². The summed E-state index contributed by atoms with van der Waals surface area (Å²) in [7, 11) is 0. The van der Waals surface area contributed by atoms with Gasteiger partial charge in [0.2, 0.25) is 5.91 Å². The Morgan fingerprint density at radius 1 is 1.10 bits per heavy atom. The van der Waals surface area contributed by atoms with Gasteiger partial charge in [-0.25, -0.2) is 14.4 Å². The first-order chi connectivity index (χ1) is 14.1. The predicted molar refractivity (Wildman–Crippen MR) is 109 cm³/mol. The molecule has 1 aliphatic heterocycles. The molecule has 1 aromatic heterocycles. The molecule has 2 aromatic carbocycles. The van der Waals surface area contributed by atoms with E-state index in [9.17, 15) is 9.18 Å². The van der Waals surface area contributed by atoms with Crippen molar-refractivity contribution >= 4 is 23.4 Å². The highest BCUT2D eigenvalue weighted by molar-refractivity contribution is 7.99. The number of ether oxygens (including phenoxy) is 2. The van der Waals surface area contributed by atoms with Crippen LogP contribution in [0.25, 0.3) is 11.4 Å². The van der Waals surface area contributed by atoms with Gasteiger partial charge in [0.05, 0.1) is 5.75 Å². The number of carbonyl (C=O) groups is 1. The van der Waals surface area contributed by atoms with Gasteiger partial charge in [0.1, 0.15) is 24.1 Å². The van der Waals surface area contributed by atoms with Gasteiger partial charge in [-0.15, -0.1) is 0 Å². The smallest absolute Gasteiger partial charge is 0.234 e. The lowest BCUT2D eigenvalue weighted by Gasteiger charge is -2.19. The van der Waals surface area contributed by atoms with E-state index in [1.165, 1.54) is 23.9 Å². The monoisotopic (exact) mass is 411 g/mol. The van der Waals surface area contributed by atoms with Gasteiger partial charge in [0.25, 0.3) is 0 Å². The fraction of sp³-hybridized carbons (Fsp3) is 0.190. The van der Waals surface area contributed by atoms with Gasteiger partial charge in [0.15, 0.2) is 17.3 Å². The van der Waals surface area contributed by atoms with Gasteiger partial charge in [-0.2, -0.15) is 0 Å². The summed E-state index contributed by atoms with van der Waals surface area (Å²) < 4.78 is 24.5. The third kappa shape index (κ3) is 4.83. The number of aryl methyl sites for hydroxylation is 1. The summed E-state index contributed by atoms with van der Waals surface area (Å²) in [5, 5.41) is 3.49. The van der Waals surface area contributed by atoms with E-state index in [0.29, 0.717) is 46.8 Å². The van der Waals surface area contributed by atoms with Crippen LogP contribution in [-0.4, -0.2) is 34.8 Å². The Hall–Kier alpha value is -3.13. The minimum absolute atomic E-state index is 0.171. The van der Waals surface area contributed by atoms with Crippen molar-refractivity contribution < 1.29 is 18.7 Å². The van der Waals surface area contributed by atoms with Crippen molar-refractivity contribution in [2.45, 2.75) is 11.9 Å². The molecule has 8 heteroatoms. The fourth-order valence-electron chi connectivity index (χ4n) is 2.83. The molecule has 0 atom stereocenters. The van der Waals surface area contributed by atoms with E-state index in [0.717, 1.165) is 5.69 Å². The molecular formula is C21H18FN3O3S. The van der Waals surface area contributed by atoms with Crippen LogP contribution in [0.2, 0.25) is 0 Å². The number of nitrogens with one attached hydrogen (secondary N) is 1. The molecule has 0 saturated carbocycles.